The average molecular weight is 331 g/mol. The van der Waals surface area contributed by atoms with E-state index < -0.39 is 11.6 Å². The van der Waals surface area contributed by atoms with E-state index in [2.05, 4.69) is 10.4 Å². The lowest BCUT2D eigenvalue weighted by Gasteiger charge is -2.16. The molecule has 1 aromatic heterocycles. The van der Waals surface area contributed by atoms with Crippen LogP contribution < -0.4 is 20.3 Å². The van der Waals surface area contributed by atoms with E-state index in [0.717, 1.165) is 10.2 Å². The van der Waals surface area contributed by atoms with Crippen LogP contribution in [0.15, 0.2) is 35.1 Å². The zero-order valence-electron chi connectivity index (χ0n) is 14.2. The van der Waals surface area contributed by atoms with Gasteiger partial charge in [-0.1, -0.05) is 0 Å². The first-order valence-electron chi connectivity index (χ1n) is 7.61. The van der Waals surface area contributed by atoms with Crippen LogP contribution in [0, 0.1) is 0 Å². The molecule has 0 unspecified atom stereocenters. The fourth-order valence-electron chi connectivity index (χ4n) is 2.27. The van der Waals surface area contributed by atoms with E-state index in [-0.39, 0.29) is 5.91 Å². The van der Waals surface area contributed by atoms with Gasteiger partial charge in [0.2, 0.25) is 5.91 Å². The Morgan fingerprint density at radius 1 is 1.25 bits per heavy atom. The number of nitrogens with one attached hydrogen (secondary N) is 1. The van der Waals surface area contributed by atoms with Crippen LogP contribution in [-0.4, -0.2) is 36.5 Å². The molecule has 1 N–H and O–H groups in total. The van der Waals surface area contributed by atoms with Crippen molar-refractivity contribution in [1.82, 2.24) is 15.1 Å². The third-order valence-electron chi connectivity index (χ3n) is 3.60. The molecule has 1 amide bonds. The molecule has 1 heterocycles. The normalized spacial score (nSPS) is 11.7. The minimum absolute atomic E-state index is 0.266. The van der Waals surface area contributed by atoms with Gasteiger partial charge >= 0.3 is 0 Å². The summed E-state index contributed by atoms with van der Waals surface area (Å²) in [5.74, 6) is 0.796. The zero-order chi connectivity index (χ0) is 17.7. The van der Waals surface area contributed by atoms with Crippen molar-refractivity contribution in [2.75, 3.05) is 20.8 Å². The van der Waals surface area contributed by atoms with Crippen molar-refractivity contribution in [2.24, 2.45) is 0 Å². The molecule has 0 aliphatic rings. The maximum atomic E-state index is 12.3. The maximum absolute atomic E-state index is 12.3. The van der Waals surface area contributed by atoms with Gasteiger partial charge in [-0.3, -0.25) is 9.59 Å². The maximum Gasteiger partial charge on any atom is 0.271 e. The molecule has 0 saturated carbocycles. The first-order valence-corrected chi connectivity index (χ1v) is 7.61. The molecule has 0 radical (unpaired) electrons. The summed E-state index contributed by atoms with van der Waals surface area (Å²) < 4.78 is 11.6. The third-order valence-corrected chi connectivity index (χ3v) is 3.60. The van der Waals surface area contributed by atoms with Gasteiger partial charge < -0.3 is 14.8 Å². The lowest BCUT2D eigenvalue weighted by atomic mass is 10.1. The van der Waals surface area contributed by atoms with E-state index in [0.29, 0.717) is 23.7 Å². The molecule has 1 atom stereocenters. The number of amides is 1. The monoisotopic (exact) mass is 331 g/mol. The van der Waals surface area contributed by atoms with Crippen molar-refractivity contribution in [3.63, 3.8) is 0 Å². The van der Waals surface area contributed by atoms with Crippen LogP contribution in [0.4, 0.5) is 0 Å². The summed E-state index contributed by atoms with van der Waals surface area (Å²) in [6.45, 7) is 3.93. The quantitative estimate of drug-likeness (QED) is 0.870. The fraction of sp³-hybridized carbons (Fsp3) is 0.353. The van der Waals surface area contributed by atoms with E-state index >= 15 is 0 Å². The number of aromatic nitrogens is 2. The number of methoxy groups -OCH3 is 2. The van der Waals surface area contributed by atoms with Crippen LogP contribution in [0.5, 0.6) is 11.5 Å². The summed E-state index contributed by atoms with van der Waals surface area (Å²) in [6, 6.07) is 7.82. The molecule has 0 spiro atoms. The van der Waals surface area contributed by atoms with Crippen molar-refractivity contribution in [3.05, 3.63) is 40.7 Å². The highest BCUT2D eigenvalue weighted by atomic mass is 16.5. The van der Waals surface area contributed by atoms with E-state index in [1.165, 1.54) is 13.2 Å². The Hall–Kier alpha value is -2.83. The van der Waals surface area contributed by atoms with Gasteiger partial charge in [0.25, 0.3) is 5.56 Å². The van der Waals surface area contributed by atoms with Gasteiger partial charge in [0, 0.05) is 18.2 Å². The van der Waals surface area contributed by atoms with Gasteiger partial charge in [0.15, 0.2) is 5.75 Å². The lowest BCUT2D eigenvalue weighted by Crippen LogP contribution is -2.37. The van der Waals surface area contributed by atoms with Crippen LogP contribution in [0.25, 0.3) is 11.3 Å². The van der Waals surface area contributed by atoms with Gasteiger partial charge in [0.1, 0.15) is 17.5 Å². The number of hydrogen-bond donors (Lipinski definition) is 1. The minimum Gasteiger partial charge on any atom is -0.497 e. The zero-order valence-corrected chi connectivity index (χ0v) is 14.2. The molecule has 0 bridgehead atoms. The SMILES string of the molecule is CCNC(=O)[C@@H](C)n1nc(-c2ccc(OC)cc2)c(OC)cc1=O. The molecule has 1 aromatic carbocycles. The van der Waals surface area contributed by atoms with Crippen molar-refractivity contribution in [3.8, 4) is 22.8 Å². The number of hydrogen-bond acceptors (Lipinski definition) is 5. The van der Waals surface area contributed by atoms with Gasteiger partial charge in [-0.05, 0) is 38.1 Å². The van der Waals surface area contributed by atoms with Gasteiger partial charge in [-0.25, -0.2) is 4.68 Å². The molecule has 0 aliphatic heterocycles. The Morgan fingerprint density at radius 2 is 1.92 bits per heavy atom. The minimum atomic E-state index is -0.722. The van der Waals surface area contributed by atoms with Gasteiger partial charge in [0.05, 0.1) is 14.2 Å². The summed E-state index contributed by atoms with van der Waals surface area (Å²) in [7, 11) is 3.06. The Labute approximate surface area is 140 Å². The number of nitrogens with zero attached hydrogens (tertiary/aromatic N) is 2. The summed E-state index contributed by atoms with van der Waals surface area (Å²) in [5, 5.41) is 7.04. The highest BCUT2D eigenvalue weighted by Gasteiger charge is 2.20. The fourth-order valence-corrected chi connectivity index (χ4v) is 2.27. The molecule has 7 heteroatoms. The molecule has 2 aromatic rings. The average Bonchev–Trinajstić information content (AvgIpc) is 2.61. The highest BCUT2D eigenvalue weighted by molar-refractivity contribution is 5.79. The van der Waals surface area contributed by atoms with E-state index in [9.17, 15) is 9.59 Å². The summed E-state index contributed by atoms with van der Waals surface area (Å²) in [4.78, 5) is 24.3. The van der Waals surface area contributed by atoms with Crippen LogP contribution >= 0.6 is 0 Å². The molecule has 0 fully saturated rings. The second kappa shape index (κ2) is 7.63. The number of carbonyl (C=O) groups is 1. The molecular formula is C17H21N3O4. The van der Waals surface area contributed by atoms with Gasteiger partial charge in [-0.15, -0.1) is 0 Å². The number of ether oxygens (including phenoxy) is 2. The third kappa shape index (κ3) is 3.56. The molecule has 0 aliphatic carbocycles. The number of carbonyl (C=O) groups excluding carboxylic acids is 1. The predicted octanol–water partition coefficient (Wildman–Crippen LogP) is 1.62. The molecule has 24 heavy (non-hydrogen) atoms. The largest absolute Gasteiger partial charge is 0.497 e. The molecule has 0 saturated heterocycles. The highest BCUT2D eigenvalue weighted by Crippen LogP contribution is 2.28. The Morgan fingerprint density at radius 3 is 2.46 bits per heavy atom. The Bertz CT molecular complexity index is 768. The Kier molecular flexibility index (Phi) is 5.57. The summed E-state index contributed by atoms with van der Waals surface area (Å²) in [6.07, 6.45) is 0. The van der Waals surface area contributed by atoms with E-state index in [1.807, 2.05) is 19.1 Å². The number of benzene rings is 1. The van der Waals surface area contributed by atoms with E-state index in [1.54, 1.807) is 26.2 Å². The summed E-state index contributed by atoms with van der Waals surface area (Å²) in [5.41, 5.74) is 0.836. The van der Waals surface area contributed by atoms with E-state index in [4.69, 9.17) is 9.47 Å². The van der Waals surface area contributed by atoms with Crippen molar-refractivity contribution in [1.29, 1.82) is 0 Å². The smallest absolute Gasteiger partial charge is 0.271 e. The molecule has 7 nitrogen and oxygen atoms in total. The molecule has 2 rings (SSSR count). The molecular weight excluding hydrogens is 310 g/mol. The number of likely N-dealkylation sites (N-methyl/N-ethyl adjacent to an activating group) is 1. The van der Waals surface area contributed by atoms with Crippen LogP contribution in [-0.2, 0) is 4.79 Å². The second-order valence-corrected chi connectivity index (χ2v) is 5.14. The van der Waals surface area contributed by atoms with Crippen molar-refractivity contribution >= 4 is 5.91 Å². The van der Waals surface area contributed by atoms with Crippen LogP contribution in [0.2, 0.25) is 0 Å². The molecule has 128 valence electrons. The summed E-state index contributed by atoms with van der Waals surface area (Å²) >= 11 is 0. The van der Waals surface area contributed by atoms with Crippen molar-refractivity contribution < 1.29 is 14.3 Å². The second-order valence-electron chi connectivity index (χ2n) is 5.14. The predicted molar refractivity (Wildman–Crippen MR) is 90.4 cm³/mol. The van der Waals surface area contributed by atoms with Crippen LogP contribution in [0.3, 0.4) is 0 Å². The first-order chi connectivity index (χ1) is 11.5. The van der Waals surface area contributed by atoms with Crippen LogP contribution in [0.1, 0.15) is 19.9 Å². The standard InChI is InChI=1S/C17H21N3O4/c1-5-18-17(22)11(2)20-15(21)10-14(24-4)16(19-20)12-6-8-13(23-3)9-7-12/h6-11H,5H2,1-4H3,(H,18,22)/t11-/m1/s1. The van der Waals surface area contributed by atoms with Gasteiger partial charge in [-0.2, -0.15) is 5.10 Å². The van der Waals surface area contributed by atoms with Crippen molar-refractivity contribution in [2.45, 2.75) is 19.9 Å². The lowest BCUT2D eigenvalue weighted by molar-refractivity contribution is -0.124. The Balaban J connectivity index is 2.52. The first kappa shape index (κ1) is 17.5. The topological polar surface area (TPSA) is 82.5 Å². The number of rotatable bonds is 6.